The van der Waals surface area contributed by atoms with Crippen LogP contribution in [-0.4, -0.2) is 48.9 Å². The van der Waals surface area contributed by atoms with Gasteiger partial charge in [-0.1, -0.05) is 27.7 Å². The minimum Gasteiger partial charge on any atom is -0.345 e. The first-order valence-corrected chi connectivity index (χ1v) is 6.82. The van der Waals surface area contributed by atoms with E-state index < -0.39 is 0 Å². The molecule has 1 aliphatic heterocycles. The van der Waals surface area contributed by atoms with E-state index in [1.165, 1.54) is 25.9 Å². The Hall–Kier alpha value is -0.570. The number of likely N-dealkylation sites (tertiary alicyclic amines) is 1. The summed E-state index contributed by atoms with van der Waals surface area (Å²) in [5, 5.41) is 0. The van der Waals surface area contributed by atoms with E-state index in [9.17, 15) is 4.79 Å². The second kappa shape index (κ2) is 5.85. The Bertz CT molecular complexity index is 249. The summed E-state index contributed by atoms with van der Waals surface area (Å²) in [6.07, 6.45) is 2.46. The molecule has 0 spiro atoms. The summed E-state index contributed by atoms with van der Waals surface area (Å²) in [4.78, 5) is 16.5. The molecule has 1 rings (SSSR count). The van der Waals surface area contributed by atoms with Gasteiger partial charge in [0.15, 0.2) is 0 Å². The van der Waals surface area contributed by atoms with Gasteiger partial charge in [-0.2, -0.15) is 0 Å². The van der Waals surface area contributed by atoms with Gasteiger partial charge in [0.1, 0.15) is 0 Å². The minimum atomic E-state index is -0.251. The average molecular weight is 240 g/mol. The average Bonchev–Trinajstić information content (AvgIpc) is 2.27. The van der Waals surface area contributed by atoms with Crippen LogP contribution in [-0.2, 0) is 4.79 Å². The van der Waals surface area contributed by atoms with Crippen LogP contribution in [0.2, 0.25) is 0 Å². The van der Waals surface area contributed by atoms with Crippen molar-refractivity contribution in [1.82, 2.24) is 9.80 Å². The Kier molecular flexibility index (Phi) is 4.99. The van der Waals surface area contributed by atoms with Gasteiger partial charge in [0.25, 0.3) is 0 Å². The Morgan fingerprint density at radius 3 is 2.24 bits per heavy atom. The minimum absolute atomic E-state index is 0.251. The van der Waals surface area contributed by atoms with Gasteiger partial charge < -0.3 is 9.80 Å². The van der Waals surface area contributed by atoms with Crippen LogP contribution in [0.5, 0.6) is 0 Å². The maximum Gasteiger partial charge on any atom is 0.227 e. The lowest BCUT2D eigenvalue weighted by Gasteiger charge is -2.34. The first kappa shape index (κ1) is 14.5. The van der Waals surface area contributed by atoms with E-state index in [-0.39, 0.29) is 11.3 Å². The third-order valence-electron chi connectivity index (χ3n) is 3.67. The largest absolute Gasteiger partial charge is 0.345 e. The molecule has 0 saturated carbocycles. The summed E-state index contributed by atoms with van der Waals surface area (Å²) in [6.45, 7) is 12.7. The number of nitrogens with zero attached hydrogens (tertiary/aromatic N) is 2. The molecule has 1 fully saturated rings. The molecule has 0 aromatic carbocycles. The van der Waals surface area contributed by atoms with Crippen molar-refractivity contribution < 1.29 is 4.79 Å². The van der Waals surface area contributed by atoms with Crippen molar-refractivity contribution in [2.75, 3.05) is 33.2 Å². The summed E-state index contributed by atoms with van der Waals surface area (Å²) >= 11 is 0. The monoisotopic (exact) mass is 240 g/mol. The van der Waals surface area contributed by atoms with Crippen LogP contribution >= 0.6 is 0 Å². The molecule has 1 saturated heterocycles. The SMILES string of the molecule is CCN1CCC(CN(C)C(=O)C(C)(C)C)CC1. The highest BCUT2D eigenvalue weighted by Gasteiger charge is 2.27. The number of piperidine rings is 1. The van der Waals surface area contributed by atoms with E-state index in [0.29, 0.717) is 5.92 Å². The molecule has 0 atom stereocenters. The van der Waals surface area contributed by atoms with E-state index in [1.54, 1.807) is 0 Å². The number of hydrogen-bond acceptors (Lipinski definition) is 2. The van der Waals surface area contributed by atoms with Crippen molar-refractivity contribution in [2.45, 2.75) is 40.5 Å². The van der Waals surface area contributed by atoms with Crippen LogP contribution in [0.1, 0.15) is 40.5 Å². The van der Waals surface area contributed by atoms with Gasteiger partial charge in [0, 0.05) is 19.0 Å². The summed E-state index contributed by atoms with van der Waals surface area (Å²) in [6, 6.07) is 0. The van der Waals surface area contributed by atoms with Crippen LogP contribution in [0, 0.1) is 11.3 Å². The van der Waals surface area contributed by atoms with E-state index in [4.69, 9.17) is 0 Å². The van der Waals surface area contributed by atoms with Gasteiger partial charge in [0.05, 0.1) is 0 Å². The highest BCUT2D eigenvalue weighted by atomic mass is 16.2. The second-order valence-corrected chi connectivity index (χ2v) is 6.31. The molecule has 100 valence electrons. The van der Waals surface area contributed by atoms with Crippen LogP contribution in [0.15, 0.2) is 0 Å². The fourth-order valence-corrected chi connectivity index (χ4v) is 2.53. The number of rotatable bonds is 3. The van der Waals surface area contributed by atoms with E-state index in [0.717, 1.165) is 13.1 Å². The molecule has 17 heavy (non-hydrogen) atoms. The molecule has 1 amide bonds. The molecule has 0 aliphatic carbocycles. The van der Waals surface area contributed by atoms with Crippen molar-refractivity contribution in [2.24, 2.45) is 11.3 Å². The Balaban J connectivity index is 2.38. The van der Waals surface area contributed by atoms with E-state index in [2.05, 4.69) is 11.8 Å². The second-order valence-electron chi connectivity index (χ2n) is 6.31. The molecule has 1 heterocycles. The van der Waals surface area contributed by atoms with Gasteiger partial charge in [-0.15, -0.1) is 0 Å². The van der Waals surface area contributed by atoms with Gasteiger partial charge >= 0.3 is 0 Å². The summed E-state index contributed by atoms with van der Waals surface area (Å²) in [7, 11) is 1.94. The third kappa shape index (κ3) is 4.30. The molecule has 0 aromatic heterocycles. The molecule has 3 heteroatoms. The van der Waals surface area contributed by atoms with E-state index in [1.807, 2.05) is 32.7 Å². The molecular formula is C14H28N2O. The maximum absolute atomic E-state index is 12.1. The van der Waals surface area contributed by atoms with Gasteiger partial charge in [-0.3, -0.25) is 4.79 Å². The van der Waals surface area contributed by atoms with Gasteiger partial charge in [-0.25, -0.2) is 0 Å². The molecular weight excluding hydrogens is 212 g/mol. The molecule has 3 nitrogen and oxygen atoms in total. The van der Waals surface area contributed by atoms with Crippen molar-refractivity contribution >= 4 is 5.91 Å². The van der Waals surface area contributed by atoms with E-state index >= 15 is 0 Å². The topological polar surface area (TPSA) is 23.6 Å². The molecule has 0 aromatic rings. The Morgan fingerprint density at radius 2 is 1.82 bits per heavy atom. The van der Waals surface area contributed by atoms with Crippen molar-refractivity contribution in [1.29, 1.82) is 0 Å². The molecule has 0 unspecified atom stereocenters. The number of amides is 1. The zero-order valence-corrected chi connectivity index (χ0v) is 12.1. The zero-order chi connectivity index (χ0) is 13.1. The molecule has 0 N–H and O–H groups in total. The predicted molar refractivity (Wildman–Crippen MR) is 71.9 cm³/mol. The van der Waals surface area contributed by atoms with Crippen LogP contribution in [0.4, 0.5) is 0 Å². The van der Waals surface area contributed by atoms with Gasteiger partial charge in [0.2, 0.25) is 5.91 Å². The number of carbonyl (C=O) groups is 1. The standard InChI is InChI=1S/C14H28N2O/c1-6-16-9-7-12(8-10-16)11-15(5)13(17)14(2,3)4/h12H,6-11H2,1-5H3. The lowest BCUT2D eigenvalue weighted by molar-refractivity contribution is -0.138. The molecule has 0 radical (unpaired) electrons. The van der Waals surface area contributed by atoms with Crippen molar-refractivity contribution in [3.63, 3.8) is 0 Å². The highest BCUT2D eigenvalue weighted by Crippen LogP contribution is 2.21. The van der Waals surface area contributed by atoms with Crippen LogP contribution in [0.25, 0.3) is 0 Å². The van der Waals surface area contributed by atoms with Gasteiger partial charge in [-0.05, 0) is 38.4 Å². The zero-order valence-electron chi connectivity index (χ0n) is 12.1. The maximum atomic E-state index is 12.1. The van der Waals surface area contributed by atoms with Crippen molar-refractivity contribution in [3.05, 3.63) is 0 Å². The quantitative estimate of drug-likeness (QED) is 0.755. The third-order valence-corrected chi connectivity index (χ3v) is 3.67. The van der Waals surface area contributed by atoms with Crippen LogP contribution < -0.4 is 0 Å². The molecule has 0 bridgehead atoms. The lowest BCUT2D eigenvalue weighted by atomic mass is 9.92. The summed E-state index contributed by atoms with van der Waals surface area (Å²) in [5.74, 6) is 0.949. The normalized spacial score (nSPS) is 19.4. The Morgan fingerprint density at radius 1 is 1.29 bits per heavy atom. The predicted octanol–water partition coefficient (Wildman–Crippen LogP) is 2.22. The highest BCUT2D eigenvalue weighted by molar-refractivity contribution is 5.81. The molecule has 1 aliphatic rings. The Labute approximate surface area is 106 Å². The first-order valence-electron chi connectivity index (χ1n) is 6.82. The summed E-state index contributed by atoms with van der Waals surface area (Å²) < 4.78 is 0. The first-order chi connectivity index (χ1) is 7.84. The number of carbonyl (C=O) groups excluding carboxylic acids is 1. The lowest BCUT2D eigenvalue weighted by Crippen LogP contribution is -2.42. The number of hydrogen-bond donors (Lipinski definition) is 0. The van der Waals surface area contributed by atoms with Crippen molar-refractivity contribution in [3.8, 4) is 0 Å². The fourth-order valence-electron chi connectivity index (χ4n) is 2.53. The van der Waals surface area contributed by atoms with Crippen LogP contribution in [0.3, 0.4) is 0 Å². The summed E-state index contributed by atoms with van der Waals surface area (Å²) in [5.41, 5.74) is -0.251. The fraction of sp³-hybridized carbons (Fsp3) is 0.929. The smallest absolute Gasteiger partial charge is 0.227 e.